The number of alkyl carbamates (subject to hydrolysis) is 1. The van der Waals surface area contributed by atoms with Gasteiger partial charge in [-0.15, -0.1) is 0 Å². The highest BCUT2D eigenvalue weighted by atomic mass is 16.6. The van der Waals surface area contributed by atoms with Crippen molar-refractivity contribution in [1.82, 2.24) is 10.6 Å². The quantitative estimate of drug-likeness (QED) is 0.274. The summed E-state index contributed by atoms with van der Waals surface area (Å²) in [6.45, 7) is 1.34. The molecule has 1 atom stereocenters. The summed E-state index contributed by atoms with van der Waals surface area (Å²) in [4.78, 5) is 43.0. The van der Waals surface area contributed by atoms with Crippen molar-refractivity contribution in [3.63, 3.8) is 0 Å². The molecule has 0 aromatic rings. The Kier molecular flexibility index (Phi) is 5.02. The van der Waals surface area contributed by atoms with Crippen LogP contribution >= 0.6 is 0 Å². The molecular weight excluding hydrogens is 250 g/mol. The predicted molar refractivity (Wildman–Crippen MR) is 52.9 cm³/mol. The van der Waals surface area contributed by atoms with Crippen molar-refractivity contribution in [3.05, 3.63) is 0 Å². The van der Waals surface area contributed by atoms with E-state index in [0.717, 1.165) is 0 Å². The minimum absolute atomic E-state index is 0.328. The third kappa shape index (κ3) is 4.76. The van der Waals surface area contributed by atoms with Gasteiger partial charge in [0, 0.05) is 13.1 Å². The van der Waals surface area contributed by atoms with Crippen LogP contribution in [0, 0.1) is 0 Å². The van der Waals surface area contributed by atoms with Crippen LogP contribution in [0.15, 0.2) is 0 Å². The standard InChI is InChI=1S/C8H11N3O7/c9-7(14)17-5(12)6(13)18-8(15)11-4-3-10-1-2-16-4/h4,10H,1-3H2,(H2,9,14)(H,11,15). The topological polar surface area (TPSA) is 146 Å². The molecule has 1 fully saturated rings. The molecule has 0 saturated carbocycles. The maximum Gasteiger partial charge on any atom is 0.426 e. The van der Waals surface area contributed by atoms with Gasteiger partial charge in [0.2, 0.25) is 0 Å². The molecule has 0 aromatic carbocycles. The highest BCUT2D eigenvalue weighted by Gasteiger charge is 2.25. The largest absolute Gasteiger partial charge is 0.426 e. The number of rotatable bonds is 1. The summed E-state index contributed by atoms with van der Waals surface area (Å²) >= 11 is 0. The Hall–Kier alpha value is -2.20. The van der Waals surface area contributed by atoms with Gasteiger partial charge in [0.25, 0.3) is 0 Å². The Morgan fingerprint density at radius 3 is 2.44 bits per heavy atom. The van der Waals surface area contributed by atoms with Crippen molar-refractivity contribution in [2.75, 3.05) is 19.7 Å². The Labute approximate surface area is 101 Å². The maximum atomic E-state index is 11.1. The monoisotopic (exact) mass is 261 g/mol. The van der Waals surface area contributed by atoms with E-state index in [9.17, 15) is 19.2 Å². The van der Waals surface area contributed by atoms with Crippen LogP contribution in [0.2, 0.25) is 0 Å². The number of esters is 2. The Bertz CT molecular complexity index is 364. The molecule has 100 valence electrons. The first-order valence-electron chi connectivity index (χ1n) is 4.85. The Balaban J connectivity index is 2.32. The van der Waals surface area contributed by atoms with E-state index in [1.54, 1.807) is 0 Å². The number of hydrogen-bond donors (Lipinski definition) is 3. The van der Waals surface area contributed by atoms with E-state index in [0.29, 0.717) is 19.7 Å². The number of carbonyl (C=O) groups excluding carboxylic acids is 4. The third-order valence-corrected chi connectivity index (χ3v) is 1.75. The van der Waals surface area contributed by atoms with E-state index in [4.69, 9.17) is 4.74 Å². The van der Waals surface area contributed by atoms with E-state index in [-0.39, 0.29) is 0 Å². The first kappa shape index (κ1) is 13.9. The highest BCUT2D eigenvalue weighted by molar-refractivity contribution is 6.33. The molecule has 2 amide bonds. The summed E-state index contributed by atoms with van der Waals surface area (Å²) in [5, 5.41) is 5.08. The first-order chi connectivity index (χ1) is 8.49. The molecule has 1 rings (SSSR count). The second-order valence-electron chi connectivity index (χ2n) is 3.09. The fourth-order valence-corrected chi connectivity index (χ4v) is 1.08. The van der Waals surface area contributed by atoms with E-state index < -0.39 is 30.4 Å². The lowest BCUT2D eigenvalue weighted by molar-refractivity contribution is -0.160. The van der Waals surface area contributed by atoms with Gasteiger partial charge < -0.3 is 25.3 Å². The number of nitrogens with two attached hydrogens (primary N) is 1. The van der Waals surface area contributed by atoms with Gasteiger partial charge in [0.05, 0.1) is 6.61 Å². The number of nitrogens with one attached hydrogen (secondary N) is 2. The fourth-order valence-electron chi connectivity index (χ4n) is 1.08. The van der Waals surface area contributed by atoms with Crippen molar-refractivity contribution >= 4 is 24.1 Å². The molecule has 0 spiro atoms. The maximum absolute atomic E-state index is 11.1. The van der Waals surface area contributed by atoms with Crippen LogP contribution in [-0.2, 0) is 23.8 Å². The van der Waals surface area contributed by atoms with Crippen molar-refractivity contribution in [2.45, 2.75) is 6.23 Å². The lowest BCUT2D eigenvalue weighted by Gasteiger charge is -2.23. The van der Waals surface area contributed by atoms with E-state index in [1.807, 2.05) is 0 Å². The lowest BCUT2D eigenvalue weighted by atomic mass is 10.4. The fraction of sp³-hybridized carbons (Fsp3) is 0.500. The molecule has 0 radical (unpaired) electrons. The van der Waals surface area contributed by atoms with Gasteiger partial charge in [0.1, 0.15) is 6.23 Å². The minimum Gasteiger partial charge on any atom is -0.368 e. The molecular formula is C8H11N3O7. The predicted octanol–water partition coefficient (Wildman–Crippen LogP) is -2.19. The third-order valence-electron chi connectivity index (χ3n) is 1.75. The summed E-state index contributed by atoms with van der Waals surface area (Å²) < 4.78 is 12.8. The molecule has 1 heterocycles. The van der Waals surface area contributed by atoms with Crippen LogP contribution < -0.4 is 16.4 Å². The van der Waals surface area contributed by atoms with E-state index in [1.165, 1.54) is 0 Å². The van der Waals surface area contributed by atoms with Gasteiger partial charge in [0.15, 0.2) is 0 Å². The van der Waals surface area contributed by atoms with Gasteiger partial charge in [-0.3, -0.25) is 5.32 Å². The van der Waals surface area contributed by atoms with E-state index >= 15 is 0 Å². The van der Waals surface area contributed by atoms with Gasteiger partial charge >= 0.3 is 24.1 Å². The van der Waals surface area contributed by atoms with Gasteiger partial charge in [-0.05, 0) is 0 Å². The molecule has 10 nitrogen and oxygen atoms in total. The smallest absolute Gasteiger partial charge is 0.368 e. The van der Waals surface area contributed by atoms with Crippen LogP contribution in [0.1, 0.15) is 0 Å². The van der Waals surface area contributed by atoms with Crippen LogP contribution in [0.5, 0.6) is 0 Å². The van der Waals surface area contributed by atoms with E-state index in [2.05, 4.69) is 25.8 Å². The van der Waals surface area contributed by atoms with Crippen LogP contribution in [0.4, 0.5) is 9.59 Å². The Morgan fingerprint density at radius 1 is 1.22 bits per heavy atom. The zero-order chi connectivity index (χ0) is 13.5. The highest BCUT2D eigenvalue weighted by Crippen LogP contribution is 1.93. The summed E-state index contributed by atoms with van der Waals surface area (Å²) in [6.07, 6.45) is -3.35. The van der Waals surface area contributed by atoms with Crippen molar-refractivity contribution in [2.24, 2.45) is 5.73 Å². The van der Waals surface area contributed by atoms with Crippen LogP contribution in [0.25, 0.3) is 0 Å². The molecule has 0 aromatic heterocycles. The molecule has 10 heteroatoms. The average Bonchev–Trinajstić information content (AvgIpc) is 2.29. The van der Waals surface area contributed by atoms with Crippen molar-refractivity contribution in [3.8, 4) is 0 Å². The number of primary amides is 1. The number of amides is 2. The molecule has 0 aliphatic carbocycles. The van der Waals surface area contributed by atoms with Gasteiger partial charge in [-0.2, -0.15) is 0 Å². The van der Waals surface area contributed by atoms with Crippen LogP contribution in [-0.4, -0.2) is 50.0 Å². The Morgan fingerprint density at radius 2 is 1.89 bits per heavy atom. The minimum atomic E-state index is -1.68. The summed E-state index contributed by atoms with van der Waals surface area (Å²) in [5.41, 5.74) is 4.49. The molecule has 1 saturated heterocycles. The number of ether oxygens (including phenoxy) is 3. The molecule has 1 aliphatic heterocycles. The molecule has 1 aliphatic rings. The lowest BCUT2D eigenvalue weighted by Crippen LogP contribution is -2.49. The molecule has 18 heavy (non-hydrogen) atoms. The molecule has 0 bridgehead atoms. The van der Waals surface area contributed by atoms with Gasteiger partial charge in [-0.1, -0.05) is 0 Å². The van der Waals surface area contributed by atoms with Crippen molar-refractivity contribution in [1.29, 1.82) is 0 Å². The zero-order valence-corrected chi connectivity index (χ0v) is 9.13. The van der Waals surface area contributed by atoms with Gasteiger partial charge in [-0.25, -0.2) is 19.2 Å². The normalized spacial score (nSPS) is 18.6. The zero-order valence-electron chi connectivity index (χ0n) is 9.13. The second-order valence-corrected chi connectivity index (χ2v) is 3.09. The SMILES string of the molecule is NC(=O)OC(=O)C(=O)OC(=O)NC1CNCCO1. The second kappa shape index (κ2) is 6.51. The molecule has 1 unspecified atom stereocenters. The summed E-state index contributed by atoms with van der Waals surface area (Å²) in [5.74, 6) is -3.34. The number of carbonyl (C=O) groups is 4. The van der Waals surface area contributed by atoms with Crippen LogP contribution in [0.3, 0.4) is 0 Å². The first-order valence-corrected chi connectivity index (χ1v) is 4.85. The number of hydrogen-bond acceptors (Lipinski definition) is 8. The molecule has 4 N–H and O–H groups in total. The average molecular weight is 261 g/mol. The number of morpholine rings is 1. The summed E-state index contributed by atoms with van der Waals surface area (Å²) in [6, 6.07) is 0. The van der Waals surface area contributed by atoms with Crippen molar-refractivity contribution < 1.29 is 33.4 Å². The summed E-state index contributed by atoms with van der Waals surface area (Å²) in [7, 11) is 0.